The number of halogens is 1. The zero-order chi connectivity index (χ0) is 31.9. The van der Waals surface area contributed by atoms with E-state index < -0.39 is 45.8 Å². The van der Waals surface area contributed by atoms with Gasteiger partial charge < -0.3 is 10.2 Å². The highest BCUT2D eigenvalue weighted by Gasteiger charge is 2.36. The molecule has 9 heteroatoms. The summed E-state index contributed by atoms with van der Waals surface area (Å²) in [5, 5.41) is 2.96. The summed E-state index contributed by atoms with van der Waals surface area (Å²) in [5.41, 5.74) is 1.58. The number of anilines is 1. The molecular weight excluding hydrogens is 577 g/mol. The maximum atomic E-state index is 15.0. The van der Waals surface area contributed by atoms with Crippen molar-refractivity contribution in [1.82, 2.24) is 10.2 Å². The van der Waals surface area contributed by atoms with Crippen molar-refractivity contribution in [3.05, 3.63) is 132 Å². The van der Waals surface area contributed by atoms with E-state index in [0.29, 0.717) is 0 Å². The monoisotopic (exact) mass is 615 g/mol. The van der Waals surface area contributed by atoms with Crippen LogP contribution in [0.1, 0.15) is 37.5 Å². The fourth-order valence-electron chi connectivity index (χ4n) is 4.78. The lowest BCUT2D eigenvalue weighted by molar-refractivity contribution is -0.140. The number of rotatable bonds is 11. The lowest BCUT2D eigenvalue weighted by Gasteiger charge is -2.35. The van der Waals surface area contributed by atoms with Gasteiger partial charge in [-0.25, -0.2) is 12.8 Å². The van der Waals surface area contributed by atoms with Crippen LogP contribution in [0.4, 0.5) is 10.1 Å². The molecule has 230 valence electrons. The third-order valence-corrected chi connectivity index (χ3v) is 8.79. The van der Waals surface area contributed by atoms with Gasteiger partial charge in [-0.1, -0.05) is 84.4 Å². The Morgan fingerprint density at radius 2 is 1.39 bits per heavy atom. The number of benzene rings is 4. The average Bonchev–Trinajstić information content (AvgIpc) is 2.99. The Morgan fingerprint density at radius 3 is 1.98 bits per heavy atom. The van der Waals surface area contributed by atoms with E-state index in [9.17, 15) is 18.0 Å². The highest BCUT2D eigenvalue weighted by Crippen LogP contribution is 2.26. The van der Waals surface area contributed by atoms with E-state index in [2.05, 4.69) is 5.32 Å². The standard InChI is InChI=1S/C35H38FN3O4S/c1-26-19-21-29(22-20-26)39(44(42,43)30-16-9-6-10-17-30)25-33(40)38(24-28-15-11-12-18-31(28)36)32(34(41)37-35(2,3)4)23-27-13-7-5-8-14-27/h5-22,32H,23-25H2,1-4H3,(H,37,41). The molecule has 0 aliphatic rings. The van der Waals surface area contributed by atoms with Crippen LogP contribution < -0.4 is 9.62 Å². The summed E-state index contributed by atoms with van der Waals surface area (Å²) >= 11 is 0. The molecule has 7 nitrogen and oxygen atoms in total. The number of hydrogen-bond donors (Lipinski definition) is 1. The molecule has 0 bridgehead atoms. The predicted molar refractivity (Wildman–Crippen MR) is 171 cm³/mol. The quantitative estimate of drug-likeness (QED) is 0.228. The fourth-order valence-corrected chi connectivity index (χ4v) is 6.21. The van der Waals surface area contributed by atoms with Crippen LogP contribution in [-0.4, -0.2) is 43.3 Å². The van der Waals surface area contributed by atoms with Gasteiger partial charge in [-0.15, -0.1) is 0 Å². The summed E-state index contributed by atoms with van der Waals surface area (Å²) in [6.07, 6.45) is 0.138. The molecule has 4 aromatic rings. The molecule has 1 unspecified atom stereocenters. The zero-order valence-electron chi connectivity index (χ0n) is 25.4. The number of nitrogens with one attached hydrogen (secondary N) is 1. The van der Waals surface area contributed by atoms with E-state index in [-0.39, 0.29) is 29.1 Å². The van der Waals surface area contributed by atoms with Crippen LogP contribution in [-0.2, 0) is 32.6 Å². The topological polar surface area (TPSA) is 86.8 Å². The van der Waals surface area contributed by atoms with Crippen LogP contribution in [0.3, 0.4) is 0 Å². The normalized spacial score (nSPS) is 12.3. The smallest absolute Gasteiger partial charge is 0.264 e. The zero-order valence-corrected chi connectivity index (χ0v) is 26.2. The van der Waals surface area contributed by atoms with Gasteiger partial charge in [0.15, 0.2) is 0 Å². The summed E-state index contributed by atoms with van der Waals surface area (Å²) in [4.78, 5) is 29.6. The first kappa shape index (κ1) is 32.4. The van der Waals surface area contributed by atoms with Gasteiger partial charge in [0, 0.05) is 24.1 Å². The van der Waals surface area contributed by atoms with Crippen molar-refractivity contribution >= 4 is 27.5 Å². The van der Waals surface area contributed by atoms with Crippen LogP contribution in [0, 0.1) is 12.7 Å². The van der Waals surface area contributed by atoms with Crippen molar-refractivity contribution in [2.24, 2.45) is 0 Å². The van der Waals surface area contributed by atoms with Crippen molar-refractivity contribution in [1.29, 1.82) is 0 Å². The van der Waals surface area contributed by atoms with Gasteiger partial charge >= 0.3 is 0 Å². The lowest BCUT2D eigenvalue weighted by atomic mass is 10.0. The maximum absolute atomic E-state index is 15.0. The van der Waals surface area contributed by atoms with Crippen molar-refractivity contribution in [3.63, 3.8) is 0 Å². The minimum absolute atomic E-state index is 0.0142. The lowest BCUT2D eigenvalue weighted by Crippen LogP contribution is -2.56. The predicted octanol–water partition coefficient (Wildman–Crippen LogP) is 5.88. The van der Waals surface area contributed by atoms with Gasteiger partial charge in [-0.2, -0.15) is 0 Å². The summed E-state index contributed by atoms with van der Waals surface area (Å²) in [5.74, 6) is -1.62. The molecule has 2 amide bonds. The number of hydrogen-bond acceptors (Lipinski definition) is 4. The molecule has 0 radical (unpaired) electrons. The molecule has 0 aliphatic heterocycles. The first-order valence-electron chi connectivity index (χ1n) is 14.4. The Labute approximate surface area is 259 Å². The molecule has 0 aliphatic carbocycles. The Hall–Kier alpha value is -4.50. The van der Waals surface area contributed by atoms with Gasteiger partial charge in [0.25, 0.3) is 10.0 Å². The van der Waals surface area contributed by atoms with E-state index in [1.807, 2.05) is 58.0 Å². The second-order valence-corrected chi connectivity index (χ2v) is 13.6. The second-order valence-electron chi connectivity index (χ2n) is 11.7. The summed E-state index contributed by atoms with van der Waals surface area (Å²) in [6.45, 7) is 6.52. The van der Waals surface area contributed by atoms with Gasteiger partial charge in [0.05, 0.1) is 10.6 Å². The molecule has 44 heavy (non-hydrogen) atoms. The first-order valence-corrected chi connectivity index (χ1v) is 15.8. The summed E-state index contributed by atoms with van der Waals surface area (Å²) < 4.78 is 44.0. The number of carbonyl (C=O) groups excluding carboxylic acids is 2. The summed E-state index contributed by atoms with van der Waals surface area (Å²) in [6, 6.07) is 28.9. The minimum Gasteiger partial charge on any atom is -0.350 e. The van der Waals surface area contributed by atoms with E-state index in [4.69, 9.17) is 0 Å². The fraction of sp³-hybridized carbons (Fsp3) is 0.257. The SMILES string of the molecule is Cc1ccc(N(CC(=O)N(Cc2ccccc2F)C(Cc2ccccc2)C(=O)NC(C)(C)C)S(=O)(=O)c2ccccc2)cc1. The largest absolute Gasteiger partial charge is 0.350 e. The maximum Gasteiger partial charge on any atom is 0.264 e. The van der Waals surface area contributed by atoms with E-state index in [1.54, 1.807) is 60.7 Å². The minimum atomic E-state index is -4.20. The Kier molecular flexibility index (Phi) is 10.2. The van der Waals surface area contributed by atoms with Crippen molar-refractivity contribution in [2.75, 3.05) is 10.8 Å². The molecule has 0 fully saturated rings. The molecule has 0 spiro atoms. The second kappa shape index (κ2) is 13.9. The van der Waals surface area contributed by atoms with Crippen LogP contribution >= 0.6 is 0 Å². The third-order valence-electron chi connectivity index (χ3n) is 7.00. The number of carbonyl (C=O) groups is 2. The van der Waals surface area contributed by atoms with E-state index in [1.165, 1.54) is 23.1 Å². The van der Waals surface area contributed by atoms with Gasteiger partial charge in [-0.3, -0.25) is 13.9 Å². The molecular formula is C35H38FN3O4S. The van der Waals surface area contributed by atoms with Gasteiger partial charge in [0.1, 0.15) is 18.4 Å². The molecule has 0 aromatic heterocycles. The van der Waals surface area contributed by atoms with Crippen LogP contribution in [0.5, 0.6) is 0 Å². The molecule has 1 atom stereocenters. The van der Waals surface area contributed by atoms with Crippen molar-refractivity contribution in [2.45, 2.75) is 57.1 Å². The molecule has 1 N–H and O–H groups in total. The number of amides is 2. The van der Waals surface area contributed by atoms with Gasteiger partial charge in [0.2, 0.25) is 11.8 Å². The summed E-state index contributed by atoms with van der Waals surface area (Å²) in [7, 11) is -4.20. The highest BCUT2D eigenvalue weighted by atomic mass is 32.2. The Morgan fingerprint density at radius 1 is 0.818 bits per heavy atom. The number of nitrogens with zero attached hydrogens (tertiary/aromatic N) is 2. The molecule has 4 aromatic carbocycles. The molecule has 0 saturated carbocycles. The van der Waals surface area contributed by atoms with Gasteiger partial charge in [-0.05, 0) is 63.6 Å². The molecule has 4 rings (SSSR count). The first-order chi connectivity index (χ1) is 20.8. The highest BCUT2D eigenvalue weighted by molar-refractivity contribution is 7.92. The molecule has 0 saturated heterocycles. The molecule has 0 heterocycles. The average molecular weight is 616 g/mol. The van der Waals surface area contributed by atoms with Crippen molar-refractivity contribution in [3.8, 4) is 0 Å². The Balaban J connectivity index is 1.82. The Bertz CT molecular complexity index is 1670. The van der Waals surface area contributed by atoms with E-state index >= 15 is 4.39 Å². The third kappa shape index (κ3) is 8.32. The van der Waals surface area contributed by atoms with Crippen LogP contribution in [0.15, 0.2) is 114 Å². The number of aryl methyl sites for hydroxylation is 1. The number of sulfonamides is 1. The van der Waals surface area contributed by atoms with Crippen LogP contribution in [0.2, 0.25) is 0 Å². The van der Waals surface area contributed by atoms with Crippen LogP contribution in [0.25, 0.3) is 0 Å². The van der Waals surface area contributed by atoms with E-state index in [0.717, 1.165) is 15.4 Å². The van der Waals surface area contributed by atoms with Crippen molar-refractivity contribution < 1.29 is 22.4 Å².